The van der Waals surface area contributed by atoms with Crippen LogP contribution in [0.25, 0.3) is 0 Å². The zero-order valence-electron chi connectivity index (χ0n) is 14.3. The smallest absolute Gasteiger partial charge is 0.272 e. The van der Waals surface area contributed by atoms with E-state index in [9.17, 15) is 9.59 Å². The van der Waals surface area contributed by atoms with Gasteiger partial charge in [0.2, 0.25) is 5.91 Å². The van der Waals surface area contributed by atoms with E-state index in [1.54, 1.807) is 4.90 Å². The van der Waals surface area contributed by atoms with Crippen LogP contribution in [0.2, 0.25) is 0 Å². The van der Waals surface area contributed by atoms with E-state index in [1.807, 2.05) is 19.0 Å². The van der Waals surface area contributed by atoms with Crippen LogP contribution in [-0.4, -0.2) is 65.5 Å². The van der Waals surface area contributed by atoms with Gasteiger partial charge >= 0.3 is 0 Å². The third-order valence-corrected chi connectivity index (χ3v) is 4.02. The van der Waals surface area contributed by atoms with Crippen LogP contribution in [0.4, 0.5) is 0 Å². The number of carbonyl (C=O) groups excluding carboxylic acids is 2. The van der Waals surface area contributed by atoms with E-state index in [-0.39, 0.29) is 11.8 Å². The molecule has 7 nitrogen and oxygen atoms in total. The Morgan fingerprint density at radius 2 is 2.13 bits per heavy atom. The van der Waals surface area contributed by atoms with Gasteiger partial charge in [0.1, 0.15) is 0 Å². The largest absolute Gasteiger partial charge is 0.351 e. The predicted octanol–water partition coefficient (Wildman–Crippen LogP) is 0.776. The highest BCUT2D eigenvalue weighted by Crippen LogP contribution is 2.20. The van der Waals surface area contributed by atoms with Crippen molar-refractivity contribution in [2.24, 2.45) is 0 Å². The first-order valence-electron chi connectivity index (χ1n) is 8.29. The number of H-pyrrole nitrogens is 1. The summed E-state index contributed by atoms with van der Waals surface area (Å²) in [5.74, 6) is -0.0725. The molecule has 0 spiro atoms. The second-order valence-electron chi connectivity index (χ2n) is 6.30. The van der Waals surface area contributed by atoms with E-state index in [1.165, 1.54) is 0 Å². The third kappa shape index (κ3) is 4.54. The van der Waals surface area contributed by atoms with Gasteiger partial charge in [-0.3, -0.25) is 14.7 Å². The Bertz CT molecular complexity index is 553. The van der Waals surface area contributed by atoms with Crippen molar-refractivity contribution in [2.75, 3.05) is 33.7 Å². The molecule has 0 fully saturated rings. The number of rotatable bonds is 7. The number of amides is 2. The van der Waals surface area contributed by atoms with Crippen LogP contribution in [0.5, 0.6) is 0 Å². The monoisotopic (exact) mass is 321 g/mol. The average molecular weight is 321 g/mol. The molecule has 2 heterocycles. The van der Waals surface area contributed by atoms with Crippen LogP contribution in [0.1, 0.15) is 47.9 Å². The molecule has 1 aliphatic heterocycles. The Morgan fingerprint density at radius 1 is 1.35 bits per heavy atom. The van der Waals surface area contributed by atoms with Crippen molar-refractivity contribution >= 4 is 11.8 Å². The molecule has 0 saturated carbocycles. The second-order valence-corrected chi connectivity index (χ2v) is 6.30. The van der Waals surface area contributed by atoms with E-state index in [0.29, 0.717) is 38.3 Å². The minimum atomic E-state index is -0.152. The summed E-state index contributed by atoms with van der Waals surface area (Å²) in [6.07, 6.45) is 3.91. The minimum Gasteiger partial charge on any atom is -0.351 e. The molecule has 0 aromatic carbocycles. The molecule has 0 saturated heterocycles. The summed E-state index contributed by atoms with van der Waals surface area (Å²) in [6, 6.07) is 0. The molecule has 7 heteroatoms. The number of nitrogens with one attached hydrogen (secondary N) is 2. The third-order valence-electron chi connectivity index (χ3n) is 4.02. The number of aromatic amines is 1. The highest BCUT2D eigenvalue weighted by atomic mass is 16.2. The van der Waals surface area contributed by atoms with Crippen molar-refractivity contribution in [3.05, 3.63) is 17.0 Å². The number of carbonyl (C=O) groups is 2. The van der Waals surface area contributed by atoms with Crippen molar-refractivity contribution in [3.63, 3.8) is 0 Å². The number of likely N-dealkylation sites (N-methyl/N-ethyl adjacent to an activating group) is 1. The highest BCUT2D eigenvalue weighted by Gasteiger charge is 2.27. The molecule has 2 amide bonds. The lowest BCUT2D eigenvalue weighted by atomic mass is 10.0. The predicted molar refractivity (Wildman–Crippen MR) is 88.1 cm³/mol. The van der Waals surface area contributed by atoms with Crippen LogP contribution >= 0.6 is 0 Å². The zero-order valence-corrected chi connectivity index (χ0v) is 14.3. The maximum Gasteiger partial charge on any atom is 0.272 e. The summed E-state index contributed by atoms with van der Waals surface area (Å²) >= 11 is 0. The SMILES string of the molecule is CCCCCNC(=O)c1n[nH]c2c1CN(C(=O)CN(C)C)CC2. The fourth-order valence-corrected chi connectivity index (χ4v) is 2.73. The molecule has 0 atom stereocenters. The van der Waals surface area contributed by atoms with E-state index < -0.39 is 0 Å². The van der Waals surface area contributed by atoms with Gasteiger partial charge in [0.25, 0.3) is 5.91 Å². The summed E-state index contributed by atoms with van der Waals surface area (Å²) in [6.45, 7) is 4.30. The Morgan fingerprint density at radius 3 is 2.83 bits per heavy atom. The number of fused-ring (bicyclic) bond motifs is 1. The summed E-state index contributed by atoms with van der Waals surface area (Å²) in [7, 11) is 3.75. The fourth-order valence-electron chi connectivity index (χ4n) is 2.73. The molecule has 1 aromatic heterocycles. The topological polar surface area (TPSA) is 81.3 Å². The minimum absolute atomic E-state index is 0.0798. The maximum atomic E-state index is 12.3. The number of nitrogens with zero attached hydrogens (tertiary/aromatic N) is 3. The van der Waals surface area contributed by atoms with E-state index in [4.69, 9.17) is 0 Å². The molecule has 128 valence electrons. The fraction of sp³-hybridized carbons (Fsp3) is 0.688. The second kappa shape index (κ2) is 8.10. The number of hydrogen-bond donors (Lipinski definition) is 2. The van der Waals surface area contributed by atoms with Crippen LogP contribution < -0.4 is 5.32 Å². The van der Waals surface area contributed by atoms with Gasteiger partial charge < -0.3 is 15.1 Å². The lowest BCUT2D eigenvalue weighted by Crippen LogP contribution is -2.41. The van der Waals surface area contributed by atoms with Crippen LogP contribution in [0, 0.1) is 0 Å². The first-order chi connectivity index (χ1) is 11.0. The summed E-state index contributed by atoms with van der Waals surface area (Å²) in [5.41, 5.74) is 2.26. The summed E-state index contributed by atoms with van der Waals surface area (Å²) in [4.78, 5) is 28.2. The van der Waals surface area contributed by atoms with Crippen molar-refractivity contribution in [3.8, 4) is 0 Å². The molecule has 0 radical (unpaired) electrons. The maximum absolute atomic E-state index is 12.3. The van der Waals surface area contributed by atoms with Gasteiger partial charge in [-0.05, 0) is 20.5 Å². The van der Waals surface area contributed by atoms with Crippen molar-refractivity contribution in [1.82, 2.24) is 25.3 Å². The Kier molecular flexibility index (Phi) is 6.15. The molecule has 1 aromatic rings. The molecule has 2 rings (SSSR count). The number of unbranched alkanes of at least 4 members (excludes halogenated alkanes) is 2. The molecule has 0 unspecified atom stereocenters. The van der Waals surface area contributed by atoms with Gasteiger partial charge in [-0.25, -0.2) is 0 Å². The molecular formula is C16H27N5O2. The Labute approximate surface area is 137 Å². The number of aromatic nitrogens is 2. The number of hydrogen-bond acceptors (Lipinski definition) is 4. The van der Waals surface area contributed by atoms with Crippen molar-refractivity contribution in [2.45, 2.75) is 39.2 Å². The average Bonchev–Trinajstić information content (AvgIpc) is 2.93. The van der Waals surface area contributed by atoms with Crippen LogP contribution in [0.15, 0.2) is 0 Å². The van der Waals surface area contributed by atoms with Crippen LogP contribution in [0.3, 0.4) is 0 Å². The summed E-state index contributed by atoms with van der Waals surface area (Å²) in [5, 5.41) is 10.0. The molecule has 0 bridgehead atoms. The van der Waals surface area contributed by atoms with E-state index in [0.717, 1.165) is 30.5 Å². The van der Waals surface area contributed by atoms with Crippen molar-refractivity contribution < 1.29 is 9.59 Å². The molecule has 2 N–H and O–H groups in total. The van der Waals surface area contributed by atoms with Gasteiger partial charge in [-0.1, -0.05) is 19.8 Å². The van der Waals surface area contributed by atoms with E-state index >= 15 is 0 Å². The highest BCUT2D eigenvalue weighted by molar-refractivity contribution is 5.94. The quantitative estimate of drug-likeness (QED) is 0.727. The van der Waals surface area contributed by atoms with Crippen molar-refractivity contribution in [1.29, 1.82) is 0 Å². The molecule has 23 heavy (non-hydrogen) atoms. The van der Waals surface area contributed by atoms with Gasteiger partial charge in [-0.15, -0.1) is 0 Å². The Balaban J connectivity index is 2.00. The Hall–Kier alpha value is -1.89. The lowest BCUT2D eigenvalue weighted by Gasteiger charge is -2.28. The molecule has 0 aliphatic carbocycles. The van der Waals surface area contributed by atoms with Gasteiger partial charge in [0.05, 0.1) is 6.54 Å². The van der Waals surface area contributed by atoms with Gasteiger partial charge in [0.15, 0.2) is 5.69 Å². The molecule has 1 aliphatic rings. The standard InChI is InChI=1S/C16H27N5O2/c1-4-5-6-8-17-16(23)15-12-10-21(14(22)11-20(2)3)9-7-13(12)18-19-15/h4-11H2,1-3H3,(H,17,23)(H,18,19). The van der Waals surface area contributed by atoms with Gasteiger partial charge in [-0.2, -0.15) is 5.10 Å². The summed E-state index contributed by atoms with van der Waals surface area (Å²) < 4.78 is 0. The molecular weight excluding hydrogens is 294 g/mol. The normalized spacial score (nSPS) is 14.0. The van der Waals surface area contributed by atoms with E-state index in [2.05, 4.69) is 22.4 Å². The van der Waals surface area contributed by atoms with Gasteiger partial charge in [0, 0.05) is 37.3 Å². The lowest BCUT2D eigenvalue weighted by molar-refractivity contribution is -0.132. The first-order valence-corrected chi connectivity index (χ1v) is 8.29. The first kappa shape index (κ1) is 17.5. The zero-order chi connectivity index (χ0) is 16.8. The van der Waals surface area contributed by atoms with Crippen LogP contribution in [-0.2, 0) is 17.8 Å².